The third-order valence-corrected chi connectivity index (χ3v) is 4.70. The molecule has 0 bridgehead atoms. The van der Waals surface area contributed by atoms with Gasteiger partial charge in [0, 0.05) is 26.1 Å². The molecule has 0 saturated carbocycles. The highest BCUT2D eigenvalue weighted by Crippen LogP contribution is 2.21. The molecule has 2 fully saturated rings. The first-order valence-electron chi connectivity index (χ1n) is 8.84. The Morgan fingerprint density at radius 3 is 2.59 bits per heavy atom. The number of piperidine rings is 2. The van der Waals surface area contributed by atoms with Crippen LogP contribution in [0.3, 0.4) is 0 Å². The van der Waals surface area contributed by atoms with Crippen molar-refractivity contribution in [3.8, 4) is 0 Å². The van der Waals surface area contributed by atoms with Gasteiger partial charge in [0.25, 0.3) is 0 Å². The van der Waals surface area contributed by atoms with Crippen LogP contribution in [0.1, 0.15) is 46.0 Å². The number of hydrogen-bond acceptors (Lipinski definition) is 4. The Labute approximate surface area is 134 Å². The van der Waals surface area contributed by atoms with E-state index in [1.807, 2.05) is 13.8 Å². The lowest BCUT2D eigenvalue weighted by atomic mass is 9.95. The van der Waals surface area contributed by atoms with Crippen LogP contribution in [-0.4, -0.2) is 72.4 Å². The van der Waals surface area contributed by atoms with Crippen LogP contribution >= 0.6 is 0 Å². The topological polar surface area (TPSA) is 53.0 Å². The van der Waals surface area contributed by atoms with E-state index in [0.29, 0.717) is 25.0 Å². The maximum atomic E-state index is 11.9. The lowest BCUT2D eigenvalue weighted by molar-refractivity contribution is -0.134. The fourth-order valence-corrected chi connectivity index (χ4v) is 3.37. The minimum Gasteiger partial charge on any atom is -0.389 e. The summed E-state index contributed by atoms with van der Waals surface area (Å²) in [6.07, 6.45) is 4.98. The van der Waals surface area contributed by atoms with Gasteiger partial charge in [0.1, 0.15) is 0 Å². The van der Waals surface area contributed by atoms with Crippen LogP contribution < -0.4 is 0 Å². The molecule has 2 saturated heterocycles. The summed E-state index contributed by atoms with van der Waals surface area (Å²) in [5.74, 6) is 0.970. The first-order chi connectivity index (χ1) is 10.5. The van der Waals surface area contributed by atoms with Crippen LogP contribution in [0.4, 0.5) is 0 Å². The predicted molar refractivity (Wildman–Crippen MR) is 86.7 cm³/mol. The Morgan fingerprint density at radius 2 is 1.95 bits per heavy atom. The highest BCUT2D eigenvalue weighted by atomic mass is 16.5. The maximum Gasteiger partial charge on any atom is 0.222 e. The molecule has 0 spiro atoms. The lowest BCUT2D eigenvalue weighted by Crippen LogP contribution is -2.44. The van der Waals surface area contributed by atoms with Crippen molar-refractivity contribution < 1.29 is 14.6 Å². The molecular formula is C17H32N2O3. The standard InChI is InChI=1S/C17H32N2O3/c1-14(2)22-13-16(20)12-18-9-6-15(7-10-18)11-19-8-4-3-5-17(19)21/h14-16,20H,3-13H2,1-2H3/t16-/m1/s1. The van der Waals surface area contributed by atoms with E-state index in [2.05, 4.69) is 9.80 Å². The van der Waals surface area contributed by atoms with Gasteiger partial charge < -0.3 is 19.6 Å². The molecule has 0 aromatic heterocycles. The Hall–Kier alpha value is -0.650. The smallest absolute Gasteiger partial charge is 0.222 e. The molecular weight excluding hydrogens is 280 g/mol. The van der Waals surface area contributed by atoms with Crippen LogP contribution in [0.5, 0.6) is 0 Å². The monoisotopic (exact) mass is 312 g/mol. The molecule has 1 amide bonds. The summed E-state index contributed by atoms with van der Waals surface area (Å²) in [7, 11) is 0. The zero-order valence-electron chi connectivity index (χ0n) is 14.2. The molecule has 2 aliphatic heterocycles. The third-order valence-electron chi connectivity index (χ3n) is 4.70. The molecule has 1 N–H and O–H groups in total. The largest absolute Gasteiger partial charge is 0.389 e. The third kappa shape index (κ3) is 5.86. The molecule has 5 heteroatoms. The van der Waals surface area contributed by atoms with E-state index in [4.69, 9.17) is 4.74 Å². The van der Waals surface area contributed by atoms with Crippen molar-refractivity contribution in [1.29, 1.82) is 0 Å². The van der Waals surface area contributed by atoms with Gasteiger partial charge in [-0.25, -0.2) is 0 Å². The highest BCUT2D eigenvalue weighted by Gasteiger charge is 2.25. The van der Waals surface area contributed by atoms with Crippen LogP contribution in [0.15, 0.2) is 0 Å². The number of aliphatic hydroxyl groups is 1. The van der Waals surface area contributed by atoms with E-state index in [9.17, 15) is 9.90 Å². The lowest BCUT2D eigenvalue weighted by Gasteiger charge is -2.36. The van der Waals surface area contributed by atoms with Crippen molar-refractivity contribution in [3.05, 3.63) is 0 Å². The number of rotatable bonds is 7. The summed E-state index contributed by atoms with van der Waals surface area (Å²) in [6, 6.07) is 0. The van der Waals surface area contributed by atoms with Gasteiger partial charge in [-0.15, -0.1) is 0 Å². The van der Waals surface area contributed by atoms with Crippen LogP contribution in [0.25, 0.3) is 0 Å². The van der Waals surface area contributed by atoms with Crippen molar-refractivity contribution in [1.82, 2.24) is 9.80 Å². The first kappa shape index (κ1) is 17.7. The van der Waals surface area contributed by atoms with E-state index >= 15 is 0 Å². The summed E-state index contributed by atoms with van der Waals surface area (Å²) in [5, 5.41) is 9.99. The molecule has 0 aromatic carbocycles. The zero-order valence-corrected chi connectivity index (χ0v) is 14.2. The van der Waals surface area contributed by atoms with Crippen molar-refractivity contribution in [2.24, 2.45) is 5.92 Å². The Morgan fingerprint density at radius 1 is 1.23 bits per heavy atom. The van der Waals surface area contributed by atoms with Gasteiger partial charge in [-0.05, 0) is 58.5 Å². The number of amides is 1. The molecule has 2 aliphatic rings. The van der Waals surface area contributed by atoms with Crippen LogP contribution in [-0.2, 0) is 9.53 Å². The highest BCUT2D eigenvalue weighted by molar-refractivity contribution is 5.76. The Bertz CT molecular complexity index is 341. The molecule has 2 heterocycles. The minimum absolute atomic E-state index is 0.169. The Kier molecular flexibility index (Phi) is 7.12. The summed E-state index contributed by atoms with van der Waals surface area (Å²) >= 11 is 0. The van der Waals surface area contributed by atoms with Gasteiger partial charge in [0.05, 0.1) is 18.8 Å². The number of likely N-dealkylation sites (tertiary alicyclic amines) is 2. The van der Waals surface area contributed by atoms with E-state index in [0.717, 1.165) is 58.3 Å². The van der Waals surface area contributed by atoms with Crippen LogP contribution in [0, 0.1) is 5.92 Å². The first-order valence-corrected chi connectivity index (χ1v) is 8.84. The molecule has 128 valence electrons. The maximum absolute atomic E-state index is 11.9. The van der Waals surface area contributed by atoms with Crippen LogP contribution in [0.2, 0.25) is 0 Å². The summed E-state index contributed by atoms with van der Waals surface area (Å²) in [6.45, 7) is 9.01. The van der Waals surface area contributed by atoms with E-state index in [-0.39, 0.29) is 6.10 Å². The second kappa shape index (κ2) is 8.85. The summed E-state index contributed by atoms with van der Waals surface area (Å²) < 4.78 is 5.46. The number of carbonyl (C=O) groups is 1. The summed E-state index contributed by atoms with van der Waals surface area (Å²) in [4.78, 5) is 16.3. The molecule has 22 heavy (non-hydrogen) atoms. The number of ether oxygens (including phenoxy) is 1. The minimum atomic E-state index is -0.400. The predicted octanol–water partition coefficient (Wildman–Crippen LogP) is 1.50. The zero-order chi connectivity index (χ0) is 15.9. The molecule has 1 atom stereocenters. The van der Waals surface area contributed by atoms with Gasteiger partial charge >= 0.3 is 0 Å². The second-order valence-electron chi connectivity index (χ2n) is 7.08. The normalized spacial score (nSPS) is 23.3. The molecule has 5 nitrogen and oxygen atoms in total. The van der Waals surface area contributed by atoms with Crippen molar-refractivity contribution in [3.63, 3.8) is 0 Å². The summed E-state index contributed by atoms with van der Waals surface area (Å²) in [5.41, 5.74) is 0. The van der Waals surface area contributed by atoms with Crippen molar-refractivity contribution >= 4 is 5.91 Å². The Balaban J connectivity index is 1.64. The van der Waals surface area contributed by atoms with Gasteiger partial charge in [0.15, 0.2) is 0 Å². The van der Waals surface area contributed by atoms with E-state index < -0.39 is 6.10 Å². The molecule has 0 radical (unpaired) electrons. The fourth-order valence-electron chi connectivity index (χ4n) is 3.37. The molecule has 0 unspecified atom stereocenters. The number of aliphatic hydroxyl groups excluding tert-OH is 1. The number of hydrogen-bond donors (Lipinski definition) is 1. The average molecular weight is 312 g/mol. The number of carbonyl (C=O) groups excluding carboxylic acids is 1. The van der Waals surface area contributed by atoms with E-state index in [1.54, 1.807) is 0 Å². The van der Waals surface area contributed by atoms with Gasteiger partial charge in [-0.3, -0.25) is 4.79 Å². The van der Waals surface area contributed by atoms with Gasteiger partial charge in [-0.2, -0.15) is 0 Å². The molecule has 2 rings (SSSR count). The second-order valence-corrected chi connectivity index (χ2v) is 7.08. The van der Waals surface area contributed by atoms with Gasteiger partial charge in [0.2, 0.25) is 5.91 Å². The quantitative estimate of drug-likeness (QED) is 0.774. The number of nitrogens with zero attached hydrogens (tertiary/aromatic N) is 2. The van der Waals surface area contributed by atoms with Crippen molar-refractivity contribution in [2.45, 2.75) is 58.2 Å². The molecule has 0 aliphatic carbocycles. The van der Waals surface area contributed by atoms with Crippen molar-refractivity contribution in [2.75, 3.05) is 39.3 Å². The average Bonchev–Trinajstić information content (AvgIpc) is 2.49. The fraction of sp³-hybridized carbons (Fsp3) is 0.941. The molecule has 0 aromatic rings. The SMILES string of the molecule is CC(C)OC[C@H](O)CN1CCC(CN2CCCCC2=O)CC1. The van der Waals surface area contributed by atoms with E-state index in [1.165, 1.54) is 0 Å². The van der Waals surface area contributed by atoms with Gasteiger partial charge in [-0.1, -0.05) is 0 Å². The number of β-amino-alcohol motifs (C(OH)–C–C–N with tert-alkyl or cyclic N) is 1.